The molecule has 1 atom stereocenters. The van der Waals surface area contributed by atoms with E-state index < -0.39 is 28.6 Å². The van der Waals surface area contributed by atoms with Crippen molar-refractivity contribution in [1.29, 1.82) is 0 Å². The molecular formula is C17H21N5O5. The van der Waals surface area contributed by atoms with Crippen molar-refractivity contribution in [3.8, 4) is 5.88 Å². The van der Waals surface area contributed by atoms with Gasteiger partial charge in [-0.2, -0.15) is 4.98 Å². The number of hydrogen-bond donors (Lipinski definition) is 4. The zero-order valence-corrected chi connectivity index (χ0v) is 14.7. The summed E-state index contributed by atoms with van der Waals surface area (Å²) in [6, 6.07) is 9.03. The number of primary amides is 1. The van der Waals surface area contributed by atoms with Crippen molar-refractivity contribution >= 4 is 23.3 Å². The summed E-state index contributed by atoms with van der Waals surface area (Å²) in [7, 11) is 0. The van der Waals surface area contributed by atoms with Crippen LogP contribution in [0.3, 0.4) is 0 Å². The van der Waals surface area contributed by atoms with Crippen LogP contribution < -0.4 is 21.5 Å². The molecule has 1 heterocycles. The molecule has 1 aromatic heterocycles. The number of pyridine rings is 1. The lowest BCUT2D eigenvalue weighted by Crippen LogP contribution is -2.20. The summed E-state index contributed by atoms with van der Waals surface area (Å²) in [6.07, 6.45) is -1.28. The van der Waals surface area contributed by atoms with E-state index in [2.05, 4.69) is 10.3 Å². The van der Waals surface area contributed by atoms with Gasteiger partial charge in [-0.3, -0.25) is 10.1 Å². The maximum absolute atomic E-state index is 11.4. The molecule has 0 spiro atoms. The molecule has 2 aromatic rings. The highest BCUT2D eigenvalue weighted by Gasteiger charge is 2.27. The van der Waals surface area contributed by atoms with Crippen LogP contribution in [0.15, 0.2) is 30.3 Å². The zero-order valence-electron chi connectivity index (χ0n) is 14.7. The second kappa shape index (κ2) is 8.81. The molecule has 144 valence electrons. The fourth-order valence-corrected chi connectivity index (χ4v) is 2.67. The molecule has 10 nitrogen and oxygen atoms in total. The normalized spacial score (nSPS) is 11.6. The van der Waals surface area contributed by atoms with Crippen LogP contribution in [0.4, 0.5) is 22.0 Å². The Bertz CT molecular complexity index is 828. The van der Waals surface area contributed by atoms with Crippen molar-refractivity contribution in [3.05, 3.63) is 51.6 Å². The van der Waals surface area contributed by atoms with Gasteiger partial charge in [0.1, 0.15) is 5.69 Å². The van der Waals surface area contributed by atoms with Crippen molar-refractivity contribution in [2.75, 3.05) is 17.6 Å². The third-order valence-corrected chi connectivity index (χ3v) is 3.90. The molecule has 0 aliphatic heterocycles. The van der Waals surface area contributed by atoms with Crippen LogP contribution in [0.2, 0.25) is 0 Å². The van der Waals surface area contributed by atoms with Gasteiger partial charge in [-0.1, -0.05) is 37.3 Å². The van der Waals surface area contributed by atoms with Gasteiger partial charge in [-0.05, 0) is 18.4 Å². The second-order valence-electron chi connectivity index (χ2n) is 5.68. The van der Waals surface area contributed by atoms with Crippen LogP contribution in [0.1, 0.15) is 30.6 Å². The average molecular weight is 375 g/mol. The van der Waals surface area contributed by atoms with E-state index in [9.17, 15) is 20.0 Å². The largest absolute Gasteiger partial charge is 0.411 e. The number of benzene rings is 1. The van der Waals surface area contributed by atoms with Crippen LogP contribution in [0.25, 0.3) is 0 Å². The number of hydrogen-bond acceptors (Lipinski definition) is 8. The summed E-state index contributed by atoms with van der Waals surface area (Å²) < 4.78 is 4.82. The van der Waals surface area contributed by atoms with Crippen molar-refractivity contribution in [3.63, 3.8) is 0 Å². The molecule has 0 bridgehead atoms. The highest BCUT2D eigenvalue weighted by Crippen LogP contribution is 2.38. The SMILES string of the molecule is CCc1c(OC(N)=O)nc(N)c([N+](=O)[O-])c1NCCC(O)c1ccccc1. The van der Waals surface area contributed by atoms with Gasteiger partial charge < -0.3 is 26.6 Å². The number of aliphatic hydroxyl groups is 1. The van der Waals surface area contributed by atoms with Crippen molar-refractivity contribution in [2.45, 2.75) is 25.9 Å². The standard InChI is InChI=1S/C17H21N5O5/c1-2-11-13(20-9-8-12(23)10-6-4-3-5-7-10)14(22(25)26)15(18)21-16(11)27-17(19)24/h3-7,12,23H,2,8-9H2,1H3,(H2,19,24)(H3,18,20,21). The summed E-state index contributed by atoms with van der Waals surface area (Å²) in [4.78, 5) is 25.6. The highest BCUT2D eigenvalue weighted by atomic mass is 16.6. The van der Waals surface area contributed by atoms with E-state index in [0.717, 1.165) is 5.56 Å². The minimum absolute atomic E-state index is 0.0894. The molecule has 2 rings (SSSR count). The van der Waals surface area contributed by atoms with Gasteiger partial charge in [0.15, 0.2) is 0 Å². The van der Waals surface area contributed by atoms with E-state index in [-0.39, 0.29) is 24.5 Å². The quantitative estimate of drug-likeness (QED) is 0.402. The maximum atomic E-state index is 11.4. The number of anilines is 2. The first-order chi connectivity index (χ1) is 12.8. The molecule has 0 saturated heterocycles. The van der Waals surface area contributed by atoms with Crippen LogP contribution in [-0.4, -0.2) is 27.7 Å². The number of nitrogens with two attached hydrogens (primary N) is 2. The number of carbonyl (C=O) groups excluding carboxylic acids is 1. The summed E-state index contributed by atoms with van der Waals surface area (Å²) in [6.45, 7) is 1.93. The number of carbonyl (C=O) groups is 1. The molecule has 0 aliphatic rings. The predicted molar refractivity (Wildman–Crippen MR) is 99.4 cm³/mol. The number of nitrogens with zero attached hydrogens (tertiary/aromatic N) is 2. The van der Waals surface area contributed by atoms with E-state index in [0.29, 0.717) is 12.0 Å². The van der Waals surface area contributed by atoms with Crippen LogP contribution >= 0.6 is 0 Å². The summed E-state index contributed by atoms with van der Waals surface area (Å²) in [5.74, 6) is -0.584. The highest BCUT2D eigenvalue weighted by molar-refractivity contribution is 5.79. The monoisotopic (exact) mass is 375 g/mol. The first-order valence-electron chi connectivity index (χ1n) is 8.26. The maximum Gasteiger partial charge on any atom is 0.411 e. The Balaban J connectivity index is 2.28. The van der Waals surface area contributed by atoms with Crippen LogP contribution in [0, 0.1) is 10.1 Å². The fourth-order valence-electron chi connectivity index (χ4n) is 2.67. The molecule has 1 aromatic carbocycles. The Labute approximate surface area is 155 Å². The van der Waals surface area contributed by atoms with Gasteiger partial charge in [0, 0.05) is 12.1 Å². The molecular weight excluding hydrogens is 354 g/mol. The third kappa shape index (κ3) is 4.82. The van der Waals surface area contributed by atoms with E-state index in [4.69, 9.17) is 16.2 Å². The molecule has 1 unspecified atom stereocenters. The fraction of sp³-hybridized carbons (Fsp3) is 0.294. The van der Waals surface area contributed by atoms with Gasteiger partial charge in [0.05, 0.1) is 11.0 Å². The van der Waals surface area contributed by atoms with Crippen molar-refractivity contribution in [2.24, 2.45) is 5.73 Å². The van der Waals surface area contributed by atoms with Crippen molar-refractivity contribution in [1.82, 2.24) is 4.98 Å². The third-order valence-electron chi connectivity index (χ3n) is 3.90. The van der Waals surface area contributed by atoms with Gasteiger partial charge in [-0.15, -0.1) is 0 Å². The number of aliphatic hydroxyl groups excluding tert-OH is 1. The summed E-state index contributed by atoms with van der Waals surface area (Å²) in [5, 5.41) is 24.6. The Morgan fingerprint density at radius 2 is 2.07 bits per heavy atom. The van der Waals surface area contributed by atoms with Gasteiger partial charge in [0.2, 0.25) is 11.7 Å². The Kier molecular flexibility index (Phi) is 6.50. The number of nitrogen functional groups attached to an aromatic ring is 1. The van der Waals surface area contributed by atoms with Crippen molar-refractivity contribution < 1.29 is 19.6 Å². The van der Waals surface area contributed by atoms with Gasteiger partial charge in [0.25, 0.3) is 0 Å². The van der Waals surface area contributed by atoms with E-state index in [1.54, 1.807) is 19.1 Å². The number of amides is 1. The number of ether oxygens (including phenoxy) is 1. The predicted octanol–water partition coefficient (Wildman–Crippen LogP) is 2.13. The van der Waals surface area contributed by atoms with Crippen LogP contribution in [-0.2, 0) is 6.42 Å². The second-order valence-corrected chi connectivity index (χ2v) is 5.68. The molecule has 0 aliphatic carbocycles. The molecule has 6 N–H and O–H groups in total. The molecule has 10 heteroatoms. The average Bonchev–Trinajstić information content (AvgIpc) is 2.61. The molecule has 1 amide bonds. The number of aromatic nitrogens is 1. The van der Waals surface area contributed by atoms with E-state index in [1.165, 1.54) is 0 Å². The summed E-state index contributed by atoms with van der Waals surface area (Å²) in [5.41, 5.74) is 11.4. The summed E-state index contributed by atoms with van der Waals surface area (Å²) >= 11 is 0. The number of nitro groups is 1. The van der Waals surface area contributed by atoms with E-state index in [1.807, 2.05) is 18.2 Å². The van der Waals surface area contributed by atoms with E-state index >= 15 is 0 Å². The lowest BCUT2D eigenvalue weighted by molar-refractivity contribution is -0.383. The van der Waals surface area contributed by atoms with Crippen LogP contribution in [0.5, 0.6) is 5.88 Å². The van der Waals surface area contributed by atoms with Gasteiger partial charge >= 0.3 is 11.8 Å². The Hall–Kier alpha value is -3.40. The minimum atomic E-state index is -1.10. The first kappa shape index (κ1) is 19.9. The number of nitrogens with one attached hydrogen (secondary N) is 1. The molecule has 0 radical (unpaired) electrons. The first-order valence-corrected chi connectivity index (χ1v) is 8.26. The molecule has 27 heavy (non-hydrogen) atoms. The zero-order chi connectivity index (χ0) is 20.0. The lowest BCUT2D eigenvalue weighted by Gasteiger charge is -2.16. The molecule has 0 fully saturated rings. The number of rotatable bonds is 8. The Morgan fingerprint density at radius 1 is 1.41 bits per heavy atom. The topological polar surface area (TPSA) is 167 Å². The van der Waals surface area contributed by atoms with Gasteiger partial charge in [-0.25, -0.2) is 4.79 Å². The smallest absolute Gasteiger partial charge is 0.391 e. The lowest BCUT2D eigenvalue weighted by atomic mass is 10.1. The molecule has 0 saturated carbocycles. The minimum Gasteiger partial charge on any atom is -0.391 e. The Morgan fingerprint density at radius 3 is 2.63 bits per heavy atom.